The van der Waals surface area contributed by atoms with Crippen LogP contribution in [-0.4, -0.2) is 36.5 Å². The number of non-ortho nitro benzene ring substituents is 1. The van der Waals surface area contributed by atoms with Crippen LogP contribution >= 0.6 is 15.9 Å². The molecule has 20 heavy (non-hydrogen) atoms. The van der Waals surface area contributed by atoms with Crippen LogP contribution < -0.4 is 5.32 Å². The highest BCUT2D eigenvalue weighted by Gasteiger charge is 2.15. The molecular formula is C14H22BrN3O2. The van der Waals surface area contributed by atoms with E-state index in [1.807, 2.05) is 20.2 Å². The van der Waals surface area contributed by atoms with Crippen molar-refractivity contribution >= 4 is 21.6 Å². The van der Waals surface area contributed by atoms with Crippen molar-refractivity contribution in [1.29, 1.82) is 0 Å². The van der Waals surface area contributed by atoms with E-state index in [0.717, 1.165) is 16.6 Å². The fourth-order valence-corrected chi connectivity index (χ4v) is 2.52. The Morgan fingerprint density at radius 2 is 2.00 bits per heavy atom. The van der Waals surface area contributed by atoms with E-state index < -0.39 is 0 Å². The summed E-state index contributed by atoms with van der Waals surface area (Å²) in [5.74, 6) is 0.500. The lowest BCUT2D eigenvalue weighted by Crippen LogP contribution is -2.41. The van der Waals surface area contributed by atoms with Crippen molar-refractivity contribution in [3.8, 4) is 0 Å². The summed E-state index contributed by atoms with van der Waals surface area (Å²) in [6.45, 7) is 5.90. The number of halogens is 1. The third kappa shape index (κ3) is 5.56. The molecule has 0 radical (unpaired) electrons. The van der Waals surface area contributed by atoms with Crippen molar-refractivity contribution in [2.45, 2.75) is 26.4 Å². The highest BCUT2D eigenvalue weighted by atomic mass is 79.9. The summed E-state index contributed by atoms with van der Waals surface area (Å²) in [6, 6.07) is 5.39. The normalized spacial score (nSPS) is 12.9. The molecule has 0 saturated carbocycles. The van der Waals surface area contributed by atoms with Crippen LogP contribution in [0.2, 0.25) is 0 Å². The Labute approximate surface area is 128 Å². The number of nitrogens with zero attached hydrogens (tertiary/aromatic N) is 2. The first kappa shape index (κ1) is 17.1. The standard InChI is InChI=1S/C14H22BrN3O2/c1-10(2)14(9-17(3)4)16-8-11-5-12(15)7-13(6-11)18(19)20/h5-7,10,14,16H,8-9H2,1-4H3. The molecule has 6 heteroatoms. The minimum Gasteiger partial charge on any atom is -0.308 e. The van der Waals surface area contributed by atoms with Crippen molar-refractivity contribution in [3.63, 3.8) is 0 Å². The third-order valence-corrected chi connectivity index (χ3v) is 3.55. The highest BCUT2D eigenvalue weighted by molar-refractivity contribution is 9.10. The molecular weight excluding hydrogens is 322 g/mol. The Balaban J connectivity index is 2.75. The maximum atomic E-state index is 10.9. The molecule has 112 valence electrons. The number of nitrogens with one attached hydrogen (secondary N) is 1. The molecule has 0 spiro atoms. The first-order valence-electron chi connectivity index (χ1n) is 6.61. The summed E-state index contributed by atoms with van der Waals surface area (Å²) in [5.41, 5.74) is 1.03. The van der Waals surface area contributed by atoms with Gasteiger partial charge in [-0.15, -0.1) is 0 Å². The molecule has 0 aliphatic carbocycles. The smallest absolute Gasteiger partial charge is 0.270 e. The number of nitro benzene ring substituents is 1. The van der Waals surface area contributed by atoms with E-state index in [-0.39, 0.29) is 10.6 Å². The van der Waals surface area contributed by atoms with Crippen LogP contribution in [0.3, 0.4) is 0 Å². The number of hydrogen-bond donors (Lipinski definition) is 1. The predicted molar refractivity (Wildman–Crippen MR) is 84.8 cm³/mol. The number of benzene rings is 1. The lowest BCUT2D eigenvalue weighted by atomic mass is 10.0. The molecule has 0 aliphatic heterocycles. The largest absolute Gasteiger partial charge is 0.308 e. The SMILES string of the molecule is CC(C)C(CN(C)C)NCc1cc(Br)cc([N+](=O)[O-])c1. The van der Waals surface area contributed by atoms with Crippen LogP contribution in [0.1, 0.15) is 19.4 Å². The first-order valence-corrected chi connectivity index (χ1v) is 7.41. The molecule has 0 fully saturated rings. The summed E-state index contributed by atoms with van der Waals surface area (Å²) in [4.78, 5) is 12.6. The average molecular weight is 344 g/mol. The van der Waals surface area contributed by atoms with Gasteiger partial charge in [0.05, 0.1) is 4.92 Å². The summed E-state index contributed by atoms with van der Waals surface area (Å²) in [5, 5.41) is 14.3. The van der Waals surface area contributed by atoms with E-state index in [1.165, 1.54) is 6.07 Å². The van der Waals surface area contributed by atoms with Crippen LogP contribution in [-0.2, 0) is 6.54 Å². The van der Waals surface area contributed by atoms with Gasteiger partial charge < -0.3 is 10.2 Å². The molecule has 0 saturated heterocycles. The van der Waals surface area contributed by atoms with Crippen molar-refractivity contribution in [3.05, 3.63) is 38.3 Å². The quantitative estimate of drug-likeness (QED) is 0.610. The van der Waals surface area contributed by atoms with Crippen LogP contribution in [0, 0.1) is 16.0 Å². The molecule has 1 N–H and O–H groups in total. The van der Waals surface area contributed by atoms with Crippen molar-refractivity contribution in [1.82, 2.24) is 10.2 Å². The summed E-state index contributed by atoms with van der Waals surface area (Å²) in [7, 11) is 4.09. The minimum atomic E-state index is -0.367. The lowest BCUT2D eigenvalue weighted by Gasteiger charge is -2.25. The van der Waals surface area contributed by atoms with Gasteiger partial charge in [-0.3, -0.25) is 10.1 Å². The molecule has 1 aromatic rings. The zero-order valence-electron chi connectivity index (χ0n) is 12.4. The molecule has 0 amide bonds. The van der Waals surface area contributed by atoms with Gasteiger partial charge in [0, 0.05) is 35.7 Å². The zero-order valence-corrected chi connectivity index (χ0v) is 14.0. The molecule has 0 aromatic heterocycles. The van der Waals surface area contributed by atoms with E-state index in [0.29, 0.717) is 18.5 Å². The van der Waals surface area contributed by atoms with Gasteiger partial charge in [-0.2, -0.15) is 0 Å². The van der Waals surface area contributed by atoms with Gasteiger partial charge in [-0.1, -0.05) is 29.8 Å². The van der Waals surface area contributed by atoms with Gasteiger partial charge in [-0.25, -0.2) is 0 Å². The number of nitro groups is 1. The molecule has 1 aromatic carbocycles. The van der Waals surface area contributed by atoms with Crippen molar-refractivity contribution < 1.29 is 4.92 Å². The Morgan fingerprint density at radius 3 is 2.50 bits per heavy atom. The second-order valence-corrected chi connectivity index (χ2v) is 6.48. The van der Waals surface area contributed by atoms with E-state index in [9.17, 15) is 10.1 Å². The van der Waals surface area contributed by atoms with Gasteiger partial charge in [0.25, 0.3) is 5.69 Å². The third-order valence-electron chi connectivity index (χ3n) is 3.09. The van der Waals surface area contributed by atoms with Gasteiger partial charge in [0.1, 0.15) is 0 Å². The Hall–Kier alpha value is -0.980. The van der Waals surface area contributed by atoms with Gasteiger partial charge in [0.2, 0.25) is 0 Å². The van der Waals surface area contributed by atoms with Gasteiger partial charge >= 0.3 is 0 Å². The fraction of sp³-hybridized carbons (Fsp3) is 0.571. The van der Waals surface area contributed by atoms with Gasteiger partial charge in [-0.05, 0) is 31.6 Å². The van der Waals surface area contributed by atoms with Crippen molar-refractivity contribution in [2.75, 3.05) is 20.6 Å². The predicted octanol–water partition coefficient (Wildman–Crippen LogP) is 3.03. The van der Waals surface area contributed by atoms with E-state index in [1.54, 1.807) is 6.07 Å². The summed E-state index contributed by atoms with van der Waals surface area (Å²) >= 11 is 3.32. The average Bonchev–Trinajstić information content (AvgIpc) is 2.33. The van der Waals surface area contributed by atoms with Crippen LogP contribution in [0.15, 0.2) is 22.7 Å². The second-order valence-electron chi connectivity index (χ2n) is 5.57. The molecule has 1 unspecified atom stereocenters. The summed E-state index contributed by atoms with van der Waals surface area (Å²) in [6.07, 6.45) is 0. The molecule has 1 atom stereocenters. The highest BCUT2D eigenvalue weighted by Crippen LogP contribution is 2.21. The maximum Gasteiger partial charge on any atom is 0.270 e. The van der Waals surface area contributed by atoms with Crippen LogP contribution in [0.4, 0.5) is 5.69 Å². The second kappa shape index (κ2) is 7.71. The van der Waals surface area contributed by atoms with Gasteiger partial charge in [0.15, 0.2) is 0 Å². The lowest BCUT2D eigenvalue weighted by molar-refractivity contribution is -0.385. The van der Waals surface area contributed by atoms with E-state index in [4.69, 9.17) is 0 Å². The topological polar surface area (TPSA) is 58.4 Å². The molecule has 0 bridgehead atoms. The van der Waals surface area contributed by atoms with E-state index in [2.05, 4.69) is 40.0 Å². The zero-order chi connectivity index (χ0) is 15.3. The monoisotopic (exact) mass is 343 g/mol. The molecule has 0 heterocycles. The maximum absolute atomic E-state index is 10.9. The van der Waals surface area contributed by atoms with Crippen LogP contribution in [0.5, 0.6) is 0 Å². The van der Waals surface area contributed by atoms with E-state index >= 15 is 0 Å². The molecule has 5 nitrogen and oxygen atoms in total. The Morgan fingerprint density at radius 1 is 1.35 bits per heavy atom. The minimum absolute atomic E-state index is 0.116. The number of likely N-dealkylation sites (N-methyl/N-ethyl adjacent to an activating group) is 1. The Kier molecular flexibility index (Phi) is 6.58. The Bertz CT molecular complexity index is 464. The fourth-order valence-electron chi connectivity index (χ4n) is 1.99. The first-order chi connectivity index (χ1) is 9.29. The van der Waals surface area contributed by atoms with Crippen LogP contribution in [0.25, 0.3) is 0 Å². The molecule has 0 aliphatic rings. The molecule has 1 rings (SSSR count). The van der Waals surface area contributed by atoms with Crippen molar-refractivity contribution in [2.24, 2.45) is 5.92 Å². The number of hydrogen-bond acceptors (Lipinski definition) is 4. The summed E-state index contributed by atoms with van der Waals surface area (Å²) < 4.78 is 0.734. The number of rotatable bonds is 7.